The molecule has 2 amide bonds. The number of carbonyl (C=O) groups excluding carboxylic acids is 2. The number of hydrogen-bond acceptors (Lipinski definition) is 3. The summed E-state index contributed by atoms with van der Waals surface area (Å²) < 4.78 is 1.94. The molecule has 0 saturated carbocycles. The minimum atomic E-state index is -0.0554. The zero-order valence-electron chi connectivity index (χ0n) is 15.3. The molecule has 2 aliphatic heterocycles. The van der Waals surface area contributed by atoms with E-state index >= 15 is 0 Å². The molecule has 0 N–H and O–H groups in total. The molecule has 2 saturated heterocycles. The molecule has 0 bridgehead atoms. The number of amides is 2. The molecule has 0 aliphatic carbocycles. The van der Waals surface area contributed by atoms with Crippen LogP contribution in [0.3, 0.4) is 0 Å². The second-order valence-electron chi connectivity index (χ2n) is 7.35. The van der Waals surface area contributed by atoms with E-state index in [1.54, 1.807) is 4.90 Å². The number of aryl methyl sites for hydroxylation is 2. The molecule has 1 atom stereocenters. The Labute approximate surface area is 153 Å². The fraction of sp³-hybridized carbons (Fsp3) is 0.450. The van der Waals surface area contributed by atoms with Crippen LogP contribution in [0, 0.1) is 13.8 Å². The van der Waals surface area contributed by atoms with Gasteiger partial charge in [0, 0.05) is 30.4 Å². The summed E-state index contributed by atoms with van der Waals surface area (Å²) in [5, 5.41) is 4.49. The van der Waals surface area contributed by atoms with Gasteiger partial charge >= 0.3 is 0 Å². The molecule has 2 aromatic rings. The third kappa shape index (κ3) is 3.11. The fourth-order valence-corrected chi connectivity index (χ4v) is 4.07. The Morgan fingerprint density at radius 3 is 2.88 bits per heavy atom. The fourth-order valence-electron chi connectivity index (χ4n) is 4.07. The van der Waals surface area contributed by atoms with Crippen molar-refractivity contribution in [3.63, 3.8) is 0 Å². The second kappa shape index (κ2) is 6.59. The maximum Gasteiger partial charge on any atom is 0.254 e. The highest BCUT2D eigenvalue weighted by Crippen LogP contribution is 2.23. The Morgan fingerprint density at radius 1 is 1.27 bits per heavy atom. The Hall–Kier alpha value is -2.63. The van der Waals surface area contributed by atoms with Gasteiger partial charge in [0.15, 0.2) is 0 Å². The molecule has 1 aromatic heterocycles. The van der Waals surface area contributed by atoms with Crippen LogP contribution < -0.4 is 0 Å². The first kappa shape index (κ1) is 16.8. The van der Waals surface area contributed by atoms with Crippen LogP contribution in [0.2, 0.25) is 0 Å². The van der Waals surface area contributed by atoms with Crippen molar-refractivity contribution >= 4 is 11.8 Å². The lowest BCUT2D eigenvalue weighted by Crippen LogP contribution is -2.55. The smallest absolute Gasteiger partial charge is 0.254 e. The van der Waals surface area contributed by atoms with E-state index in [0.717, 1.165) is 36.3 Å². The van der Waals surface area contributed by atoms with E-state index in [2.05, 4.69) is 5.10 Å². The summed E-state index contributed by atoms with van der Waals surface area (Å²) in [5.41, 5.74) is 3.76. The van der Waals surface area contributed by atoms with E-state index in [1.165, 1.54) is 0 Å². The molecule has 6 heteroatoms. The monoisotopic (exact) mass is 352 g/mol. The Morgan fingerprint density at radius 2 is 2.12 bits per heavy atom. The molecule has 1 unspecified atom stereocenters. The van der Waals surface area contributed by atoms with Crippen molar-refractivity contribution in [1.29, 1.82) is 0 Å². The van der Waals surface area contributed by atoms with Crippen LogP contribution in [0.15, 0.2) is 30.3 Å². The predicted molar refractivity (Wildman–Crippen MR) is 97.9 cm³/mol. The molecule has 4 rings (SSSR count). The van der Waals surface area contributed by atoms with Gasteiger partial charge in [-0.1, -0.05) is 12.1 Å². The topological polar surface area (TPSA) is 58.4 Å². The van der Waals surface area contributed by atoms with Gasteiger partial charge in [-0.2, -0.15) is 5.10 Å². The molecule has 2 fully saturated rings. The molecule has 2 aliphatic rings. The number of carbonyl (C=O) groups is 2. The average molecular weight is 352 g/mol. The van der Waals surface area contributed by atoms with E-state index in [4.69, 9.17) is 0 Å². The van der Waals surface area contributed by atoms with Crippen molar-refractivity contribution in [2.45, 2.75) is 39.3 Å². The molecule has 0 spiro atoms. The van der Waals surface area contributed by atoms with Gasteiger partial charge in [-0.3, -0.25) is 14.3 Å². The van der Waals surface area contributed by atoms with Gasteiger partial charge < -0.3 is 9.80 Å². The summed E-state index contributed by atoms with van der Waals surface area (Å²) >= 11 is 0. The summed E-state index contributed by atoms with van der Waals surface area (Å²) in [4.78, 5) is 28.9. The molecule has 0 radical (unpaired) electrons. The first-order chi connectivity index (χ1) is 12.5. The third-order valence-electron chi connectivity index (χ3n) is 5.35. The van der Waals surface area contributed by atoms with Crippen molar-refractivity contribution in [1.82, 2.24) is 19.6 Å². The quantitative estimate of drug-likeness (QED) is 0.849. The van der Waals surface area contributed by atoms with Crippen molar-refractivity contribution in [2.24, 2.45) is 0 Å². The first-order valence-electron chi connectivity index (χ1n) is 9.20. The molecule has 136 valence electrons. The zero-order chi connectivity index (χ0) is 18.3. The minimum absolute atomic E-state index is 0.0554. The van der Waals surface area contributed by atoms with Crippen molar-refractivity contribution in [2.75, 3.05) is 19.6 Å². The number of hydrogen-bond donors (Lipinski definition) is 0. The normalized spacial score (nSPS) is 19.8. The molecule has 3 heterocycles. The number of nitrogens with zero attached hydrogens (tertiary/aromatic N) is 4. The molecular weight excluding hydrogens is 328 g/mol. The van der Waals surface area contributed by atoms with Crippen molar-refractivity contribution in [3.05, 3.63) is 52.8 Å². The standard InChI is InChI=1S/C20H24N4O2/c1-14-9-15(2)24(21-14)11-16-5-3-6-17(10-16)20(26)22-12-18-7-4-8-23(18)19(25)13-22/h3,5-6,9-10,18H,4,7-8,11-13H2,1-2H3. The van der Waals surface area contributed by atoms with Crippen LogP contribution in [0.4, 0.5) is 0 Å². The second-order valence-corrected chi connectivity index (χ2v) is 7.35. The van der Waals surface area contributed by atoms with Crippen molar-refractivity contribution < 1.29 is 9.59 Å². The van der Waals surface area contributed by atoms with Gasteiger partial charge in [0.2, 0.25) is 5.91 Å². The zero-order valence-corrected chi connectivity index (χ0v) is 15.3. The van der Waals surface area contributed by atoms with E-state index in [0.29, 0.717) is 18.7 Å². The van der Waals surface area contributed by atoms with Gasteiger partial charge in [0.1, 0.15) is 6.54 Å². The molecular formula is C20H24N4O2. The Bertz CT molecular complexity index is 857. The van der Waals surface area contributed by atoms with Crippen LogP contribution in [0.5, 0.6) is 0 Å². The first-order valence-corrected chi connectivity index (χ1v) is 9.20. The van der Waals surface area contributed by atoms with Crippen molar-refractivity contribution in [3.8, 4) is 0 Å². The van der Waals surface area contributed by atoms with Crippen LogP contribution in [-0.4, -0.2) is 57.1 Å². The van der Waals surface area contributed by atoms with E-state index in [9.17, 15) is 9.59 Å². The van der Waals surface area contributed by atoms with Gasteiger partial charge in [0.25, 0.3) is 5.91 Å². The van der Waals surface area contributed by atoms with Gasteiger partial charge in [-0.15, -0.1) is 0 Å². The summed E-state index contributed by atoms with van der Waals surface area (Å²) in [7, 11) is 0. The number of benzene rings is 1. The van der Waals surface area contributed by atoms with Gasteiger partial charge in [0.05, 0.1) is 12.2 Å². The van der Waals surface area contributed by atoms with Crippen LogP contribution in [0.1, 0.15) is 40.2 Å². The van der Waals surface area contributed by atoms with Gasteiger partial charge in [-0.05, 0) is 50.5 Å². The predicted octanol–water partition coefficient (Wildman–Crippen LogP) is 2.00. The third-order valence-corrected chi connectivity index (χ3v) is 5.35. The summed E-state index contributed by atoms with van der Waals surface area (Å²) in [6.07, 6.45) is 2.03. The SMILES string of the molecule is Cc1cc(C)n(Cc2cccc(C(=O)N3CC(=O)N4CCCC4C3)c2)n1. The lowest BCUT2D eigenvalue weighted by atomic mass is 10.1. The highest BCUT2D eigenvalue weighted by atomic mass is 16.2. The molecule has 6 nitrogen and oxygen atoms in total. The number of rotatable bonds is 3. The Kier molecular flexibility index (Phi) is 4.26. The van der Waals surface area contributed by atoms with Crippen LogP contribution in [-0.2, 0) is 11.3 Å². The van der Waals surface area contributed by atoms with E-state index < -0.39 is 0 Å². The minimum Gasteiger partial charge on any atom is -0.336 e. The lowest BCUT2D eigenvalue weighted by molar-refractivity contribution is -0.136. The maximum absolute atomic E-state index is 12.9. The number of aromatic nitrogens is 2. The summed E-state index contributed by atoms with van der Waals surface area (Å²) in [6, 6.07) is 9.90. The maximum atomic E-state index is 12.9. The number of fused-ring (bicyclic) bond motifs is 1. The highest BCUT2D eigenvalue weighted by molar-refractivity contribution is 5.97. The summed E-state index contributed by atoms with van der Waals surface area (Å²) in [6.45, 7) is 6.31. The van der Waals surface area contributed by atoms with Gasteiger partial charge in [-0.25, -0.2) is 0 Å². The summed E-state index contributed by atoms with van der Waals surface area (Å²) in [5.74, 6) is 0.0195. The van der Waals surface area contributed by atoms with Crippen LogP contribution >= 0.6 is 0 Å². The largest absolute Gasteiger partial charge is 0.336 e. The molecule has 1 aromatic carbocycles. The number of piperazine rings is 1. The van der Waals surface area contributed by atoms with Crippen LogP contribution in [0.25, 0.3) is 0 Å². The lowest BCUT2D eigenvalue weighted by Gasteiger charge is -2.37. The average Bonchev–Trinajstić information content (AvgIpc) is 3.21. The Balaban J connectivity index is 1.51. The van der Waals surface area contributed by atoms with E-state index in [-0.39, 0.29) is 24.4 Å². The molecule has 26 heavy (non-hydrogen) atoms. The highest BCUT2D eigenvalue weighted by Gasteiger charge is 2.37. The van der Waals surface area contributed by atoms with E-state index in [1.807, 2.05) is 53.8 Å².